The van der Waals surface area contributed by atoms with E-state index < -0.39 is 35.8 Å². The van der Waals surface area contributed by atoms with E-state index in [2.05, 4.69) is 0 Å². The lowest BCUT2D eigenvalue weighted by molar-refractivity contribution is -0.150. The standard InChI is InChI=1S/C6H10O3.C5H6O4.Al.3H/c1-3-5(4(2)7)6(8)9;1-3(6)2-4(7)5(8)9;;;;/h5H,3H2,1-2H3,(H,8,9);2H2,1H3,(H,8,9);;;;. The van der Waals surface area contributed by atoms with Crippen molar-refractivity contribution in [1.82, 2.24) is 0 Å². The summed E-state index contributed by atoms with van der Waals surface area (Å²) in [5.74, 6) is -5.13. The first-order valence-corrected chi connectivity index (χ1v) is 5.12. The van der Waals surface area contributed by atoms with E-state index in [-0.39, 0.29) is 23.1 Å². The summed E-state index contributed by atoms with van der Waals surface area (Å²) in [7, 11) is 0. The van der Waals surface area contributed by atoms with Crippen molar-refractivity contribution in [2.45, 2.75) is 33.6 Å². The normalized spacial score (nSPS) is 10.1. The third kappa shape index (κ3) is 12.7. The van der Waals surface area contributed by atoms with Gasteiger partial charge in [-0.3, -0.25) is 19.2 Å². The van der Waals surface area contributed by atoms with E-state index in [1.54, 1.807) is 6.92 Å². The molecule has 2 N–H and O–H groups in total. The van der Waals surface area contributed by atoms with Gasteiger partial charge in [0.25, 0.3) is 0 Å². The first-order chi connectivity index (χ1) is 8.13. The molecule has 0 aromatic rings. The molecule has 0 amide bonds. The topological polar surface area (TPSA) is 126 Å². The zero-order valence-corrected chi connectivity index (χ0v) is 10.4. The number of Topliss-reactive ketones (excluding diaryl/α,β-unsaturated/α-hetero) is 3. The molecule has 0 aliphatic rings. The summed E-state index contributed by atoms with van der Waals surface area (Å²) >= 11 is 0. The Morgan fingerprint density at radius 2 is 1.42 bits per heavy atom. The van der Waals surface area contributed by atoms with Crippen LogP contribution in [0.2, 0.25) is 0 Å². The minimum Gasteiger partial charge on any atom is -0.481 e. The van der Waals surface area contributed by atoms with Gasteiger partial charge in [-0.15, -0.1) is 0 Å². The highest BCUT2D eigenvalue weighted by atomic mass is 27.0. The fourth-order valence-corrected chi connectivity index (χ4v) is 0.938. The lowest BCUT2D eigenvalue weighted by Gasteiger charge is -2.01. The summed E-state index contributed by atoms with van der Waals surface area (Å²) in [6.07, 6.45) is -0.125. The van der Waals surface area contributed by atoms with Crippen molar-refractivity contribution in [3.63, 3.8) is 0 Å². The molecular formula is C11H19AlO7. The minimum atomic E-state index is -1.55. The van der Waals surface area contributed by atoms with E-state index in [9.17, 15) is 24.0 Å². The molecule has 108 valence electrons. The Balaban J connectivity index is -0.000000256. The number of carbonyl (C=O) groups is 5. The molecule has 0 aromatic heterocycles. The second-order valence-corrected chi connectivity index (χ2v) is 3.52. The van der Waals surface area contributed by atoms with Crippen molar-refractivity contribution in [1.29, 1.82) is 0 Å². The summed E-state index contributed by atoms with van der Waals surface area (Å²) in [4.78, 5) is 50.5. The largest absolute Gasteiger partial charge is 0.481 e. The van der Waals surface area contributed by atoms with Gasteiger partial charge in [-0.05, 0) is 20.3 Å². The van der Waals surface area contributed by atoms with E-state index in [1.165, 1.54) is 13.8 Å². The van der Waals surface area contributed by atoms with Crippen LogP contribution in [0.15, 0.2) is 0 Å². The molecule has 0 aromatic carbocycles. The van der Waals surface area contributed by atoms with E-state index in [0.717, 1.165) is 0 Å². The molecule has 0 aliphatic heterocycles. The Bertz CT molecular complexity index is 348. The maximum atomic E-state index is 10.4. The van der Waals surface area contributed by atoms with E-state index in [4.69, 9.17) is 10.2 Å². The van der Waals surface area contributed by atoms with Gasteiger partial charge in [0.05, 0.1) is 6.42 Å². The van der Waals surface area contributed by atoms with E-state index >= 15 is 0 Å². The van der Waals surface area contributed by atoms with Crippen molar-refractivity contribution < 1.29 is 34.2 Å². The van der Waals surface area contributed by atoms with Crippen LogP contribution in [0.1, 0.15) is 33.6 Å². The first-order valence-electron chi connectivity index (χ1n) is 5.12. The molecule has 0 saturated carbocycles. The average molecular weight is 290 g/mol. The Kier molecular flexibility index (Phi) is 13.8. The number of ketones is 3. The van der Waals surface area contributed by atoms with Crippen molar-refractivity contribution in [2.75, 3.05) is 0 Å². The Morgan fingerprint density at radius 1 is 1.00 bits per heavy atom. The van der Waals surface area contributed by atoms with Crippen molar-refractivity contribution in [2.24, 2.45) is 5.92 Å². The van der Waals surface area contributed by atoms with Gasteiger partial charge in [-0.2, -0.15) is 0 Å². The molecule has 0 fully saturated rings. The molecule has 0 rings (SSSR count). The van der Waals surface area contributed by atoms with Crippen LogP contribution in [0.5, 0.6) is 0 Å². The van der Waals surface area contributed by atoms with Crippen LogP contribution in [0.4, 0.5) is 0 Å². The molecule has 19 heavy (non-hydrogen) atoms. The molecule has 8 heteroatoms. The summed E-state index contributed by atoms with van der Waals surface area (Å²) in [6, 6.07) is 0. The SMILES string of the molecule is CC(=O)CC(=O)C(=O)O.CCC(C(C)=O)C(=O)O.[AlH3]. The van der Waals surface area contributed by atoms with Crippen molar-refractivity contribution in [3.8, 4) is 0 Å². The molecular weight excluding hydrogens is 271 g/mol. The molecule has 0 aliphatic carbocycles. The zero-order valence-electron chi connectivity index (χ0n) is 10.4. The second-order valence-electron chi connectivity index (χ2n) is 3.52. The molecule has 0 bridgehead atoms. The second kappa shape index (κ2) is 11.6. The fourth-order valence-electron chi connectivity index (χ4n) is 0.938. The zero-order chi connectivity index (χ0) is 14.9. The van der Waals surface area contributed by atoms with Gasteiger partial charge < -0.3 is 10.2 Å². The van der Waals surface area contributed by atoms with Gasteiger partial charge in [-0.1, -0.05) is 6.92 Å². The Morgan fingerprint density at radius 3 is 1.47 bits per heavy atom. The molecule has 1 atom stereocenters. The van der Waals surface area contributed by atoms with E-state index in [0.29, 0.717) is 6.42 Å². The van der Waals surface area contributed by atoms with Gasteiger partial charge in [0, 0.05) is 0 Å². The summed E-state index contributed by atoms with van der Waals surface area (Å²) < 4.78 is 0. The van der Waals surface area contributed by atoms with Crippen LogP contribution in [0.3, 0.4) is 0 Å². The molecule has 0 heterocycles. The predicted octanol–water partition coefficient (Wildman–Crippen LogP) is -0.879. The van der Waals surface area contributed by atoms with Crippen LogP contribution in [-0.2, 0) is 24.0 Å². The lowest BCUT2D eigenvalue weighted by Crippen LogP contribution is -2.19. The maximum Gasteiger partial charge on any atom is 0.372 e. The number of carbonyl (C=O) groups excluding carboxylic acids is 3. The highest BCUT2D eigenvalue weighted by Gasteiger charge is 2.19. The monoisotopic (exact) mass is 290 g/mol. The maximum absolute atomic E-state index is 10.4. The third-order valence-corrected chi connectivity index (χ3v) is 1.85. The average Bonchev–Trinajstić information content (AvgIpc) is 2.16. The van der Waals surface area contributed by atoms with Crippen LogP contribution >= 0.6 is 0 Å². The van der Waals surface area contributed by atoms with Crippen LogP contribution < -0.4 is 0 Å². The summed E-state index contributed by atoms with van der Waals surface area (Å²) in [5, 5.41) is 16.3. The van der Waals surface area contributed by atoms with Crippen LogP contribution in [0, 0.1) is 5.92 Å². The molecule has 1 unspecified atom stereocenters. The summed E-state index contributed by atoms with van der Waals surface area (Å²) in [5.41, 5.74) is 0. The Labute approximate surface area is 121 Å². The number of hydrogen-bond donors (Lipinski definition) is 2. The van der Waals surface area contributed by atoms with Crippen LogP contribution in [-0.4, -0.2) is 56.9 Å². The predicted molar refractivity (Wildman–Crippen MR) is 70.0 cm³/mol. The summed E-state index contributed by atoms with van der Waals surface area (Å²) in [6.45, 7) is 4.14. The van der Waals surface area contributed by atoms with Gasteiger partial charge in [0.15, 0.2) is 17.4 Å². The molecule has 0 radical (unpaired) electrons. The minimum absolute atomic E-state index is 0. The van der Waals surface area contributed by atoms with Gasteiger partial charge in [0.1, 0.15) is 17.5 Å². The van der Waals surface area contributed by atoms with Gasteiger partial charge in [0.2, 0.25) is 5.78 Å². The highest BCUT2D eigenvalue weighted by Crippen LogP contribution is 2.02. The third-order valence-electron chi connectivity index (χ3n) is 1.85. The van der Waals surface area contributed by atoms with E-state index in [1.807, 2.05) is 0 Å². The number of carboxylic acid groups (broad SMARTS) is 2. The van der Waals surface area contributed by atoms with Crippen molar-refractivity contribution in [3.05, 3.63) is 0 Å². The van der Waals surface area contributed by atoms with Gasteiger partial charge >= 0.3 is 11.9 Å². The number of rotatable bonds is 6. The molecule has 7 nitrogen and oxygen atoms in total. The number of hydrogen-bond acceptors (Lipinski definition) is 5. The fraction of sp³-hybridized carbons (Fsp3) is 0.545. The van der Waals surface area contributed by atoms with Crippen molar-refractivity contribution >= 4 is 46.6 Å². The quantitative estimate of drug-likeness (QED) is 0.369. The lowest BCUT2D eigenvalue weighted by atomic mass is 10.0. The smallest absolute Gasteiger partial charge is 0.372 e. The number of aliphatic carboxylic acids is 2. The van der Waals surface area contributed by atoms with Gasteiger partial charge in [-0.25, -0.2) is 4.79 Å². The number of carboxylic acids is 2. The van der Waals surface area contributed by atoms with Crippen LogP contribution in [0.25, 0.3) is 0 Å². The first kappa shape index (κ1) is 22.6. The highest BCUT2D eigenvalue weighted by molar-refractivity contribution is 6.36. The molecule has 0 spiro atoms. The molecule has 0 saturated heterocycles. The Hall–Kier alpha value is -1.52.